The fourth-order valence-electron chi connectivity index (χ4n) is 4.21. The number of carbonyl (C=O) groups is 1. The lowest BCUT2D eigenvalue weighted by Crippen LogP contribution is -2.28. The molecule has 1 heterocycles. The molecular formula is C23H28N2O4S. The lowest BCUT2D eigenvalue weighted by atomic mass is 9.90. The van der Waals surface area contributed by atoms with Crippen LogP contribution in [-0.2, 0) is 22.9 Å². The molecular weight excluding hydrogens is 400 g/mol. The average molecular weight is 429 g/mol. The van der Waals surface area contributed by atoms with Crippen molar-refractivity contribution in [3.8, 4) is 5.75 Å². The first-order valence-electron chi connectivity index (χ1n) is 10.7. The van der Waals surface area contributed by atoms with Gasteiger partial charge in [0, 0.05) is 24.3 Å². The summed E-state index contributed by atoms with van der Waals surface area (Å²) in [6.45, 7) is 3.21. The molecule has 2 aromatic rings. The molecule has 1 fully saturated rings. The molecule has 0 unspecified atom stereocenters. The number of anilines is 1. The standard InChI is InChI=1S/C23H28N2O4S/c1-2-29-21-12-11-20(16-22(21)30(27,28)25-13-5-6-14-25)24-23(26)19-10-9-17-7-3-4-8-18(17)15-19/h9-12,15-16H,2-8,13-14H2,1H3,(H,24,26). The summed E-state index contributed by atoms with van der Waals surface area (Å²) in [6, 6.07) is 10.6. The number of ether oxygens (including phenoxy) is 1. The fourth-order valence-corrected chi connectivity index (χ4v) is 5.88. The number of carbonyl (C=O) groups excluding carboxylic acids is 1. The van der Waals surface area contributed by atoms with E-state index in [1.165, 1.54) is 27.9 Å². The zero-order chi connectivity index (χ0) is 21.1. The van der Waals surface area contributed by atoms with E-state index < -0.39 is 10.0 Å². The van der Waals surface area contributed by atoms with Crippen molar-refractivity contribution < 1.29 is 17.9 Å². The molecule has 2 aromatic carbocycles. The minimum atomic E-state index is -3.67. The first-order chi connectivity index (χ1) is 14.5. The Morgan fingerprint density at radius 1 is 1.00 bits per heavy atom. The van der Waals surface area contributed by atoms with Crippen LogP contribution in [0.25, 0.3) is 0 Å². The van der Waals surface area contributed by atoms with Gasteiger partial charge in [-0.1, -0.05) is 6.07 Å². The summed E-state index contributed by atoms with van der Waals surface area (Å²) in [5.74, 6) is 0.0771. The van der Waals surface area contributed by atoms with Gasteiger partial charge in [0.25, 0.3) is 5.91 Å². The molecule has 1 aliphatic heterocycles. The predicted octanol–water partition coefficient (Wildman–Crippen LogP) is 4.00. The largest absolute Gasteiger partial charge is 0.492 e. The summed E-state index contributed by atoms with van der Waals surface area (Å²) < 4.78 is 33.3. The van der Waals surface area contributed by atoms with E-state index in [0.29, 0.717) is 36.7 Å². The Morgan fingerprint density at radius 2 is 1.73 bits per heavy atom. The molecule has 0 bridgehead atoms. The molecule has 0 atom stereocenters. The van der Waals surface area contributed by atoms with Crippen molar-refractivity contribution in [2.45, 2.75) is 50.3 Å². The molecule has 1 aliphatic carbocycles. The van der Waals surface area contributed by atoms with Gasteiger partial charge in [-0.2, -0.15) is 4.31 Å². The number of benzene rings is 2. The van der Waals surface area contributed by atoms with Crippen molar-refractivity contribution in [1.82, 2.24) is 4.31 Å². The zero-order valence-corrected chi connectivity index (χ0v) is 18.1. The van der Waals surface area contributed by atoms with E-state index >= 15 is 0 Å². The topological polar surface area (TPSA) is 75.7 Å². The second kappa shape index (κ2) is 8.78. The molecule has 0 aromatic heterocycles. The smallest absolute Gasteiger partial charge is 0.255 e. The van der Waals surface area contributed by atoms with Crippen LogP contribution in [0.2, 0.25) is 0 Å². The highest BCUT2D eigenvalue weighted by Gasteiger charge is 2.30. The van der Waals surface area contributed by atoms with Gasteiger partial charge in [-0.3, -0.25) is 4.79 Å². The Balaban J connectivity index is 1.61. The quantitative estimate of drug-likeness (QED) is 0.755. The lowest BCUT2D eigenvalue weighted by Gasteiger charge is -2.19. The van der Waals surface area contributed by atoms with E-state index in [0.717, 1.165) is 32.1 Å². The first-order valence-corrected chi connectivity index (χ1v) is 12.1. The number of hydrogen-bond donors (Lipinski definition) is 1. The number of hydrogen-bond acceptors (Lipinski definition) is 4. The van der Waals surface area contributed by atoms with E-state index in [4.69, 9.17) is 4.74 Å². The maximum absolute atomic E-state index is 13.1. The Labute approximate surface area is 178 Å². The third-order valence-corrected chi connectivity index (χ3v) is 7.71. The summed E-state index contributed by atoms with van der Waals surface area (Å²) in [4.78, 5) is 12.9. The Morgan fingerprint density at radius 3 is 2.47 bits per heavy atom. The Bertz CT molecular complexity index is 1040. The van der Waals surface area contributed by atoms with Gasteiger partial charge in [-0.25, -0.2) is 8.42 Å². The molecule has 1 N–H and O–H groups in total. The van der Waals surface area contributed by atoms with Gasteiger partial charge in [0.2, 0.25) is 10.0 Å². The van der Waals surface area contributed by atoms with Crippen LogP contribution >= 0.6 is 0 Å². The molecule has 160 valence electrons. The van der Waals surface area contributed by atoms with Crippen LogP contribution in [0, 0.1) is 0 Å². The third-order valence-electron chi connectivity index (χ3n) is 5.79. The van der Waals surface area contributed by atoms with Crippen LogP contribution in [-0.4, -0.2) is 38.3 Å². The summed E-state index contributed by atoms with van der Waals surface area (Å²) >= 11 is 0. The summed E-state index contributed by atoms with van der Waals surface area (Å²) in [6.07, 6.45) is 6.12. The number of nitrogens with one attached hydrogen (secondary N) is 1. The minimum absolute atomic E-state index is 0.106. The van der Waals surface area contributed by atoms with Crippen molar-refractivity contribution in [3.05, 3.63) is 53.1 Å². The number of nitrogens with zero attached hydrogens (tertiary/aromatic N) is 1. The van der Waals surface area contributed by atoms with Crippen molar-refractivity contribution >= 4 is 21.6 Å². The van der Waals surface area contributed by atoms with Gasteiger partial charge >= 0.3 is 0 Å². The second-order valence-corrected chi connectivity index (χ2v) is 9.76. The van der Waals surface area contributed by atoms with Crippen molar-refractivity contribution in [1.29, 1.82) is 0 Å². The maximum Gasteiger partial charge on any atom is 0.255 e. The van der Waals surface area contributed by atoms with Gasteiger partial charge in [-0.15, -0.1) is 0 Å². The SMILES string of the molecule is CCOc1ccc(NC(=O)c2ccc3c(c2)CCCC3)cc1S(=O)(=O)N1CCCC1. The van der Waals surface area contributed by atoms with Crippen LogP contribution in [0.3, 0.4) is 0 Å². The number of aryl methyl sites for hydroxylation is 2. The average Bonchev–Trinajstić information content (AvgIpc) is 3.30. The van der Waals surface area contributed by atoms with Crippen LogP contribution in [0.1, 0.15) is 54.1 Å². The van der Waals surface area contributed by atoms with E-state index in [1.807, 2.05) is 25.1 Å². The normalized spacial score (nSPS) is 16.8. The second-order valence-electron chi connectivity index (χ2n) is 7.85. The van der Waals surface area contributed by atoms with Gasteiger partial charge in [0.05, 0.1) is 6.61 Å². The molecule has 0 saturated carbocycles. The monoisotopic (exact) mass is 428 g/mol. The summed E-state index contributed by atoms with van der Waals surface area (Å²) in [5, 5.41) is 2.86. The highest BCUT2D eigenvalue weighted by molar-refractivity contribution is 7.89. The van der Waals surface area contributed by atoms with Gasteiger partial charge < -0.3 is 10.1 Å². The molecule has 2 aliphatic rings. The fraction of sp³-hybridized carbons (Fsp3) is 0.435. The Kier molecular flexibility index (Phi) is 6.11. The number of rotatable bonds is 6. The van der Waals surface area contributed by atoms with Gasteiger partial charge in [0.1, 0.15) is 10.6 Å². The lowest BCUT2D eigenvalue weighted by molar-refractivity contribution is 0.102. The van der Waals surface area contributed by atoms with Crippen LogP contribution < -0.4 is 10.1 Å². The molecule has 0 spiro atoms. The molecule has 1 amide bonds. The molecule has 30 heavy (non-hydrogen) atoms. The number of fused-ring (bicyclic) bond motifs is 1. The summed E-state index contributed by atoms with van der Waals surface area (Å²) in [5.41, 5.74) is 3.59. The Hall–Kier alpha value is -2.38. The van der Waals surface area contributed by atoms with E-state index in [2.05, 4.69) is 5.32 Å². The first kappa shape index (κ1) is 20.9. The van der Waals surface area contributed by atoms with E-state index in [9.17, 15) is 13.2 Å². The van der Waals surface area contributed by atoms with Crippen LogP contribution in [0.5, 0.6) is 5.75 Å². The third kappa shape index (κ3) is 4.23. The molecule has 1 saturated heterocycles. The highest BCUT2D eigenvalue weighted by Crippen LogP contribution is 2.32. The predicted molar refractivity (Wildman–Crippen MR) is 117 cm³/mol. The van der Waals surface area contributed by atoms with E-state index in [-0.39, 0.29) is 10.8 Å². The molecule has 7 heteroatoms. The molecule has 0 radical (unpaired) electrons. The van der Waals surface area contributed by atoms with Gasteiger partial charge in [-0.05, 0) is 86.9 Å². The molecule has 6 nitrogen and oxygen atoms in total. The maximum atomic E-state index is 13.1. The highest BCUT2D eigenvalue weighted by atomic mass is 32.2. The van der Waals surface area contributed by atoms with Crippen molar-refractivity contribution in [2.75, 3.05) is 25.0 Å². The number of sulfonamides is 1. The van der Waals surface area contributed by atoms with E-state index in [1.54, 1.807) is 12.1 Å². The van der Waals surface area contributed by atoms with Crippen molar-refractivity contribution in [2.24, 2.45) is 0 Å². The molecule has 4 rings (SSSR count). The minimum Gasteiger partial charge on any atom is -0.492 e. The van der Waals surface area contributed by atoms with Crippen LogP contribution in [0.15, 0.2) is 41.3 Å². The van der Waals surface area contributed by atoms with Crippen LogP contribution in [0.4, 0.5) is 5.69 Å². The van der Waals surface area contributed by atoms with Crippen molar-refractivity contribution in [3.63, 3.8) is 0 Å². The zero-order valence-electron chi connectivity index (χ0n) is 17.3. The number of amides is 1. The van der Waals surface area contributed by atoms with Gasteiger partial charge in [0.15, 0.2) is 0 Å². The summed E-state index contributed by atoms with van der Waals surface area (Å²) in [7, 11) is -3.67.